The second-order valence-electron chi connectivity index (χ2n) is 9.39. The fourth-order valence-corrected chi connectivity index (χ4v) is 5.98. The zero-order valence-corrected chi connectivity index (χ0v) is 19.1. The van der Waals surface area contributed by atoms with Gasteiger partial charge >= 0.3 is 0 Å². The zero-order chi connectivity index (χ0) is 22.9. The summed E-state index contributed by atoms with van der Waals surface area (Å²) in [6, 6.07) is 46.5. The van der Waals surface area contributed by atoms with Crippen LogP contribution in [0.4, 0.5) is 0 Å². The highest BCUT2D eigenvalue weighted by Crippen LogP contribution is 2.43. The first-order chi connectivity index (χ1) is 17.4. The molecule has 0 bridgehead atoms. The Balaban J connectivity index is 1.48. The lowest BCUT2D eigenvalue weighted by Gasteiger charge is -2.13. The van der Waals surface area contributed by atoms with E-state index in [4.69, 9.17) is 0 Å². The fourth-order valence-electron chi connectivity index (χ4n) is 5.98. The highest BCUT2D eigenvalue weighted by molar-refractivity contribution is 6.32. The van der Waals surface area contributed by atoms with E-state index in [-0.39, 0.29) is 0 Å². The molecule has 1 aromatic heterocycles. The lowest BCUT2D eigenvalue weighted by Crippen LogP contribution is -1.94. The monoisotopic (exact) mass is 443 g/mol. The fraction of sp³-hybridized carbons (Fsp3) is 0. The van der Waals surface area contributed by atoms with E-state index < -0.39 is 0 Å². The van der Waals surface area contributed by atoms with Gasteiger partial charge < -0.3 is 4.57 Å². The van der Waals surface area contributed by atoms with Crippen molar-refractivity contribution < 1.29 is 0 Å². The van der Waals surface area contributed by atoms with E-state index >= 15 is 0 Å². The summed E-state index contributed by atoms with van der Waals surface area (Å²) in [6.45, 7) is 0. The Morgan fingerprint density at radius 3 is 1.89 bits per heavy atom. The van der Waals surface area contributed by atoms with Crippen LogP contribution >= 0.6 is 0 Å². The summed E-state index contributed by atoms with van der Waals surface area (Å²) in [6.07, 6.45) is 0. The number of hydrogen-bond donors (Lipinski definition) is 0. The third-order valence-electron chi connectivity index (χ3n) is 7.51. The van der Waals surface area contributed by atoms with Crippen molar-refractivity contribution in [3.05, 3.63) is 127 Å². The highest BCUT2D eigenvalue weighted by Gasteiger charge is 2.18. The van der Waals surface area contributed by atoms with Gasteiger partial charge in [0, 0.05) is 16.5 Å². The van der Waals surface area contributed by atoms with Gasteiger partial charge in [0.15, 0.2) is 0 Å². The van der Waals surface area contributed by atoms with Crippen LogP contribution in [0.2, 0.25) is 0 Å². The largest absolute Gasteiger partial charge is 0.309 e. The predicted octanol–water partition coefficient (Wildman–Crippen LogP) is 9.35. The van der Waals surface area contributed by atoms with Crippen molar-refractivity contribution in [2.75, 3.05) is 0 Å². The molecule has 0 N–H and O–H groups in total. The summed E-state index contributed by atoms with van der Waals surface area (Å²) in [5.74, 6) is 0. The topological polar surface area (TPSA) is 4.93 Å². The molecule has 8 aromatic rings. The summed E-state index contributed by atoms with van der Waals surface area (Å²) in [7, 11) is 0. The predicted molar refractivity (Wildman–Crippen MR) is 150 cm³/mol. The van der Waals surface area contributed by atoms with E-state index in [1.54, 1.807) is 0 Å². The molecule has 0 saturated heterocycles. The van der Waals surface area contributed by atoms with Gasteiger partial charge in [0.1, 0.15) is 0 Å². The van der Waals surface area contributed by atoms with Gasteiger partial charge in [-0.3, -0.25) is 0 Å². The molecule has 0 amide bonds. The molecule has 1 heteroatoms. The minimum Gasteiger partial charge on any atom is -0.309 e. The normalized spacial score (nSPS) is 12.0. The molecule has 162 valence electrons. The average molecular weight is 444 g/mol. The van der Waals surface area contributed by atoms with Crippen molar-refractivity contribution in [2.24, 2.45) is 0 Å². The number of fused-ring (bicyclic) bond motifs is 4. The Hall–Kier alpha value is -4.62. The number of rotatable bonds is 2. The Bertz CT molecular complexity index is 2010. The Kier molecular flexibility index (Phi) is 3.72. The number of nitrogens with zero attached hydrogens (tertiary/aromatic N) is 1. The van der Waals surface area contributed by atoms with Crippen molar-refractivity contribution >= 4 is 54.1 Å². The molecular weight excluding hydrogens is 422 g/mol. The Morgan fingerprint density at radius 2 is 1.06 bits per heavy atom. The van der Waals surface area contributed by atoms with Gasteiger partial charge in [-0.25, -0.2) is 0 Å². The van der Waals surface area contributed by atoms with Crippen LogP contribution in [-0.2, 0) is 0 Å². The standard InChI is InChI=1S/C34H21N/c1-2-7-22(8-3-1)23-15-18-27(19-16-23)35-30-12-5-4-11-28(30)34-29-20-17-25-10-6-9-24-13-14-26(21-31(34)35)33(29)32(24)25/h1-21H. The van der Waals surface area contributed by atoms with Crippen molar-refractivity contribution in [1.82, 2.24) is 4.57 Å². The molecule has 0 radical (unpaired) electrons. The van der Waals surface area contributed by atoms with Crippen LogP contribution in [0.15, 0.2) is 127 Å². The maximum Gasteiger partial charge on any atom is 0.0553 e. The van der Waals surface area contributed by atoms with Crippen LogP contribution < -0.4 is 0 Å². The average Bonchev–Trinajstić information content (AvgIpc) is 3.26. The van der Waals surface area contributed by atoms with E-state index in [1.165, 1.54) is 70.9 Å². The summed E-state index contributed by atoms with van der Waals surface area (Å²) in [5.41, 5.74) is 6.15. The van der Waals surface area contributed by atoms with E-state index in [2.05, 4.69) is 132 Å². The van der Waals surface area contributed by atoms with Crippen LogP contribution in [0.3, 0.4) is 0 Å². The molecule has 1 heterocycles. The molecule has 0 aliphatic rings. The molecule has 8 rings (SSSR count). The van der Waals surface area contributed by atoms with Crippen molar-refractivity contribution in [3.8, 4) is 16.8 Å². The van der Waals surface area contributed by atoms with Gasteiger partial charge in [0.2, 0.25) is 0 Å². The summed E-state index contributed by atoms with van der Waals surface area (Å²) < 4.78 is 2.42. The third kappa shape index (κ3) is 2.58. The smallest absolute Gasteiger partial charge is 0.0553 e. The zero-order valence-electron chi connectivity index (χ0n) is 19.1. The molecule has 0 spiro atoms. The number of hydrogen-bond acceptors (Lipinski definition) is 0. The molecule has 0 aliphatic carbocycles. The lowest BCUT2D eigenvalue weighted by atomic mass is 9.92. The molecule has 0 aliphatic heterocycles. The van der Waals surface area contributed by atoms with Crippen LogP contribution in [0, 0.1) is 0 Å². The minimum absolute atomic E-state index is 1.18. The van der Waals surface area contributed by atoms with Crippen molar-refractivity contribution in [2.45, 2.75) is 0 Å². The SMILES string of the molecule is c1ccc(-c2ccc(-n3c4ccccc4c4c5ccc6cccc7ccc(cc43)c5c76)cc2)cc1. The first-order valence-corrected chi connectivity index (χ1v) is 12.1. The maximum absolute atomic E-state index is 2.42. The lowest BCUT2D eigenvalue weighted by molar-refractivity contribution is 1.18. The van der Waals surface area contributed by atoms with Crippen molar-refractivity contribution in [3.63, 3.8) is 0 Å². The number of benzene rings is 7. The Morgan fingerprint density at radius 1 is 0.371 bits per heavy atom. The first kappa shape index (κ1) is 18.8. The van der Waals surface area contributed by atoms with Gasteiger partial charge in [-0.2, -0.15) is 0 Å². The van der Waals surface area contributed by atoms with Gasteiger partial charge in [-0.15, -0.1) is 0 Å². The number of para-hydroxylation sites is 1. The minimum atomic E-state index is 1.18. The molecular formula is C34H21N. The molecule has 1 nitrogen and oxygen atoms in total. The molecule has 0 saturated carbocycles. The molecule has 0 unspecified atom stereocenters. The van der Waals surface area contributed by atoms with Gasteiger partial charge in [0.25, 0.3) is 0 Å². The van der Waals surface area contributed by atoms with Gasteiger partial charge in [-0.05, 0) is 67.7 Å². The second-order valence-corrected chi connectivity index (χ2v) is 9.39. The van der Waals surface area contributed by atoms with E-state index in [9.17, 15) is 0 Å². The number of aromatic nitrogens is 1. The van der Waals surface area contributed by atoms with Crippen LogP contribution in [0.5, 0.6) is 0 Å². The van der Waals surface area contributed by atoms with Crippen LogP contribution in [0.25, 0.3) is 70.9 Å². The quantitative estimate of drug-likeness (QED) is 0.235. The van der Waals surface area contributed by atoms with Crippen LogP contribution in [0.1, 0.15) is 0 Å². The van der Waals surface area contributed by atoms with Gasteiger partial charge in [0.05, 0.1) is 11.0 Å². The van der Waals surface area contributed by atoms with Gasteiger partial charge in [-0.1, -0.05) is 103 Å². The summed E-state index contributed by atoms with van der Waals surface area (Å²) in [5, 5.41) is 10.6. The van der Waals surface area contributed by atoms with E-state index in [0.717, 1.165) is 0 Å². The second kappa shape index (κ2) is 6.94. The highest BCUT2D eigenvalue weighted by atomic mass is 15.0. The first-order valence-electron chi connectivity index (χ1n) is 12.1. The molecule has 35 heavy (non-hydrogen) atoms. The Labute approximate surface area is 202 Å². The van der Waals surface area contributed by atoms with E-state index in [1.807, 2.05) is 0 Å². The summed E-state index contributed by atoms with van der Waals surface area (Å²) in [4.78, 5) is 0. The van der Waals surface area contributed by atoms with E-state index in [0.29, 0.717) is 0 Å². The summed E-state index contributed by atoms with van der Waals surface area (Å²) >= 11 is 0. The van der Waals surface area contributed by atoms with Crippen LogP contribution in [-0.4, -0.2) is 4.57 Å². The third-order valence-corrected chi connectivity index (χ3v) is 7.51. The molecule has 0 atom stereocenters. The molecule has 7 aromatic carbocycles. The van der Waals surface area contributed by atoms with Crippen molar-refractivity contribution in [1.29, 1.82) is 0 Å². The maximum atomic E-state index is 2.42. The molecule has 0 fully saturated rings.